The molecule has 0 radical (unpaired) electrons. The number of amides is 1. The molecule has 2 rings (SSSR count). The maximum Gasteiger partial charge on any atom is 0.355 e. The Morgan fingerprint density at radius 2 is 2.24 bits per heavy atom. The van der Waals surface area contributed by atoms with Gasteiger partial charge in [-0.25, -0.2) is 4.79 Å². The molecule has 5 nitrogen and oxygen atoms in total. The van der Waals surface area contributed by atoms with Gasteiger partial charge in [0, 0.05) is 19.3 Å². The molecule has 1 heterocycles. The zero-order chi connectivity index (χ0) is 12.4. The van der Waals surface area contributed by atoms with E-state index in [9.17, 15) is 9.59 Å². The van der Waals surface area contributed by atoms with Crippen molar-refractivity contribution in [1.29, 1.82) is 0 Å². The van der Waals surface area contributed by atoms with Crippen LogP contribution in [0.25, 0.3) is 0 Å². The van der Waals surface area contributed by atoms with Crippen LogP contribution >= 0.6 is 0 Å². The lowest BCUT2D eigenvalue weighted by atomic mass is 10.3. The van der Waals surface area contributed by atoms with E-state index in [2.05, 4.69) is 5.32 Å². The largest absolute Gasteiger partial charge is 0.448 e. The molecule has 92 valence electrons. The van der Waals surface area contributed by atoms with E-state index >= 15 is 0 Å². The SMILES string of the molecule is C[C@@H](OC(=O)c1cccn1C)C(=O)NC1CC1. The highest BCUT2D eigenvalue weighted by Gasteiger charge is 2.27. The van der Waals surface area contributed by atoms with Gasteiger partial charge in [0.15, 0.2) is 6.10 Å². The van der Waals surface area contributed by atoms with E-state index in [-0.39, 0.29) is 11.9 Å². The summed E-state index contributed by atoms with van der Waals surface area (Å²) in [7, 11) is 1.76. The van der Waals surface area contributed by atoms with Gasteiger partial charge >= 0.3 is 5.97 Å². The Bertz CT molecular complexity index is 435. The predicted octanol–water partition coefficient (Wildman–Crippen LogP) is 0.849. The Labute approximate surface area is 99.8 Å². The molecule has 1 aromatic heterocycles. The van der Waals surface area contributed by atoms with Crippen LogP contribution in [0.4, 0.5) is 0 Å². The number of aromatic nitrogens is 1. The van der Waals surface area contributed by atoms with Crippen molar-refractivity contribution in [3.05, 3.63) is 24.0 Å². The molecule has 17 heavy (non-hydrogen) atoms. The second-order valence-corrected chi connectivity index (χ2v) is 4.33. The summed E-state index contributed by atoms with van der Waals surface area (Å²) < 4.78 is 6.75. The Morgan fingerprint density at radius 1 is 1.53 bits per heavy atom. The number of nitrogens with one attached hydrogen (secondary N) is 1. The Kier molecular flexibility index (Phi) is 3.17. The molecular formula is C12H16N2O3. The number of hydrogen-bond acceptors (Lipinski definition) is 3. The highest BCUT2D eigenvalue weighted by Crippen LogP contribution is 2.18. The average molecular weight is 236 g/mol. The minimum Gasteiger partial charge on any atom is -0.448 e. The number of carbonyl (C=O) groups excluding carboxylic acids is 2. The third kappa shape index (κ3) is 2.87. The molecule has 1 saturated carbocycles. The summed E-state index contributed by atoms with van der Waals surface area (Å²) in [5.41, 5.74) is 0.441. The van der Waals surface area contributed by atoms with Gasteiger partial charge in [0.2, 0.25) is 0 Å². The number of ether oxygens (including phenoxy) is 1. The van der Waals surface area contributed by atoms with Crippen molar-refractivity contribution in [3.63, 3.8) is 0 Å². The van der Waals surface area contributed by atoms with Gasteiger partial charge in [-0.15, -0.1) is 0 Å². The van der Waals surface area contributed by atoms with Crippen LogP contribution in [-0.2, 0) is 16.6 Å². The lowest BCUT2D eigenvalue weighted by Crippen LogP contribution is -2.37. The van der Waals surface area contributed by atoms with Crippen LogP contribution in [0.5, 0.6) is 0 Å². The molecule has 1 aliphatic rings. The number of carbonyl (C=O) groups is 2. The first-order valence-electron chi connectivity index (χ1n) is 5.70. The molecule has 1 amide bonds. The maximum absolute atomic E-state index is 11.7. The number of aryl methyl sites for hydroxylation is 1. The summed E-state index contributed by atoms with van der Waals surface area (Å²) in [6.07, 6.45) is 3.04. The molecule has 1 aliphatic carbocycles. The summed E-state index contributed by atoms with van der Waals surface area (Å²) in [6, 6.07) is 3.69. The average Bonchev–Trinajstić information content (AvgIpc) is 2.98. The summed E-state index contributed by atoms with van der Waals surface area (Å²) >= 11 is 0. The monoisotopic (exact) mass is 236 g/mol. The standard InChI is InChI=1S/C12H16N2O3/c1-8(11(15)13-9-5-6-9)17-12(16)10-4-3-7-14(10)2/h3-4,7-9H,5-6H2,1-2H3,(H,13,15)/t8-/m1/s1. The zero-order valence-corrected chi connectivity index (χ0v) is 9.97. The van der Waals surface area contributed by atoms with E-state index in [0.717, 1.165) is 12.8 Å². The zero-order valence-electron chi connectivity index (χ0n) is 9.97. The number of nitrogens with zero attached hydrogens (tertiary/aromatic N) is 1. The summed E-state index contributed by atoms with van der Waals surface area (Å²) in [5.74, 6) is -0.703. The molecule has 1 atom stereocenters. The van der Waals surface area contributed by atoms with Crippen molar-refractivity contribution in [2.75, 3.05) is 0 Å². The summed E-state index contributed by atoms with van der Waals surface area (Å²) in [6.45, 7) is 1.58. The number of esters is 1. The van der Waals surface area contributed by atoms with E-state index in [1.54, 1.807) is 36.9 Å². The molecule has 0 unspecified atom stereocenters. The van der Waals surface area contributed by atoms with Crippen LogP contribution in [0.3, 0.4) is 0 Å². The van der Waals surface area contributed by atoms with Crippen LogP contribution < -0.4 is 5.32 Å². The first kappa shape index (κ1) is 11.7. The first-order valence-corrected chi connectivity index (χ1v) is 5.70. The normalized spacial score (nSPS) is 16.4. The van der Waals surface area contributed by atoms with Gasteiger partial charge in [0.1, 0.15) is 5.69 Å². The topological polar surface area (TPSA) is 60.3 Å². The Morgan fingerprint density at radius 3 is 2.76 bits per heavy atom. The second kappa shape index (κ2) is 4.61. The van der Waals surface area contributed by atoms with Gasteiger partial charge in [-0.05, 0) is 31.9 Å². The van der Waals surface area contributed by atoms with Gasteiger partial charge in [-0.3, -0.25) is 4.79 Å². The van der Waals surface area contributed by atoms with Crippen molar-refractivity contribution >= 4 is 11.9 Å². The van der Waals surface area contributed by atoms with Gasteiger partial charge in [0.25, 0.3) is 5.91 Å². The van der Waals surface area contributed by atoms with Gasteiger partial charge < -0.3 is 14.6 Å². The lowest BCUT2D eigenvalue weighted by molar-refractivity contribution is -0.129. The molecule has 0 bridgehead atoms. The van der Waals surface area contributed by atoms with E-state index in [1.807, 2.05) is 0 Å². The maximum atomic E-state index is 11.7. The van der Waals surface area contributed by atoms with Crippen molar-refractivity contribution in [2.45, 2.75) is 31.9 Å². The van der Waals surface area contributed by atoms with Crippen LogP contribution in [-0.4, -0.2) is 28.6 Å². The number of rotatable bonds is 4. The minimum atomic E-state index is -0.752. The number of hydrogen-bond donors (Lipinski definition) is 1. The Balaban J connectivity index is 1.89. The van der Waals surface area contributed by atoms with Gasteiger partial charge in [-0.2, -0.15) is 0 Å². The first-order chi connectivity index (χ1) is 8.08. The van der Waals surface area contributed by atoms with Crippen molar-refractivity contribution in [3.8, 4) is 0 Å². The lowest BCUT2D eigenvalue weighted by Gasteiger charge is -2.13. The summed E-state index contributed by atoms with van der Waals surface area (Å²) in [4.78, 5) is 23.3. The molecule has 1 aromatic rings. The quantitative estimate of drug-likeness (QED) is 0.788. The van der Waals surface area contributed by atoms with Crippen molar-refractivity contribution < 1.29 is 14.3 Å². The van der Waals surface area contributed by atoms with E-state index < -0.39 is 12.1 Å². The molecule has 0 aromatic carbocycles. The molecule has 1 N–H and O–H groups in total. The third-order valence-electron chi connectivity index (χ3n) is 2.73. The molecule has 1 fully saturated rings. The van der Waals surface area contributed by atoms with Crippen molar-refractivity contribution in [1.82, 2.24) is 9.88 Å². The third-order valence-corrected chi connectivity index (χ3v) is 2.73. The van der Waals surface area contributed by atoms with Crippen LogP contribution in [0.15, 0.2) is 18.3 Å². The van der Waals surface area contributed by atoms with Gasteiger partial charge in [0.05, 0.1) is 0 Å². The smallest absolute Gasteiger partial charge is 0.355 e. The van der Waals surface area contributed by atoms with E-state index in [1.165, 1.54) is 0 Å². The molecule has 0 aliphatic heterocycles. The van der Waals surface area contributed by atoms with Crippen molar-refractivity contribution in [2.24, 2.45) is 7.05 Å². The van der Waals surface area contributed by atoms with Crippen LogP contribution in [0.1, 0.15) is 30.3 Å². The highest BCUT2D eigenvalue weighted by molar-refractivity contribution is 5.91. The highest BCUT2D eigenvalue weighted by atomic mass is 16.5. The molecule has 0 spiro atoms. The fraction of sp³-hybridized carbons (Fsp3) is 0.500. The van der Waals surface area contributed by atoms with E-state index in [0.29, 0.717) is 5.69 Å². The molecule has 0 saturated heterocycles. The fourth-order valence-corrected chi connectivity index (χ4v) is 1.49. The Hall–Kier alpha value is -1.78. The van der Waals surface area contributed by atoms with Gasteiger partial charge in [-0.1, -0.05) is 0 Å². The molecular weight excluding hydrogens is 220 g/mol. The van der Waals surface area contributed by atoms with Crippen LogP contribution in [0.2, 0.25) is 0 Å². The summed E-state index contributed by atoms with van der Waals surface area (Å²) in [5, 5.41) is 2.80. The van der Waals surface area contributed by atoms with E-state index in [4.69, 9.17) is 4.74 Å². The second-order valence-electron chi connectivity index (χ2n) is 4.33. The minimum absolute atomic E-state index is 0.227. The molecule has 5 heteroatoms. The predicted molar refractivity (Wildman–Crippen MR) is 61.5 cm³/mol. The van der Waals surface area contributed by atoms with Crippen LogP contribution in [0, 0.1) is 0 Å². The fourth-order valence-electron chi connectivity index (χ4n) is 1.49.